The largest absolute Gasteiger partial charge is 0.497 e. The number of allylic oxidation sites excluding steroid dienone is 1. The lowest BCUT2D eigenvalue weighted by Crippen LogP contribution is -2.05. The second kappa shape index (κ2) is 9.37. The molecule has 3 aromatic rings. The van der Waals surface area contributed by atoms with Crippen molar-refractivity contribution in [3.63, 3.8) is 0 Å². The molecule has 144 valence electrons. The molecule has 1 heterocycles. The minimum absolute atomic E-state index is 0.0729. The van der Waals surface area contributed by atoms with Gasteiger partial charge < -0.3 is 4.74 Å². The third-order valence-corrected chi connectivity index (χ3v) is 5.34. The molecule has 6 heteroatoms. The first-order chi connectivity index (χ1) is 13.7. The molecule has 0 aliphatic rings. The standard InChI is InChI=1S/C22H23N3O2S/c1-4-13-25-21(18-7-6-8-19(14-18)27-3)23-24-22(25)28-15-20(26)17-11-9-16(5-2)10-12-17/h4,6-12,14H,1,5,13,15H2,2-3H3. The van der Waals surface area contributed by atoms with Crippen LogP contribution in [0.4, 0.5) is 0 Å². The number of ether oxygens (including phenoxy) is 1. The van der Waals surface area contributed by atoms with E-state index in [4.69, 9.17) is 4.74 Å². The molecule has 0 amide bonds. The average molecular weight is 394 g/mol. The third kappa shape index (κ3) is 4.51. The Balaban J connectivity index is 1.79. The molecule has 5 nitrogen and oxygen atoms in total. The van der Waals surface area contributed by atoms with Crippen molar-refractivity contribution < 1.29 is 9.53 Å². The molecule has 1 aromatic heterocycles. The van der Waals surface area contributed by atoms with Crippen molar-refractivity contribution in [1.29, 1.82) is 0 Å². The summed E-state index contributed by atoms with van der Waals surface area (Å²) in [5.74, 6) is 1.86. The van der Waals surface area contributed by atoms with Crippen molar-refractivity contribution in [2.45, 2.75) is 25.0 Å². The minimum atomic E-state index is 0.0729. The summed E-state index contributed by atoms with van der Waals surface area (Å²) in [6, 6.07) is 15.4. The monoisotopic (exact) mass is 393 g/mol. The Morgan fingerprint density at radius 3 is 2.68 bits per heavy atom. The van der Waals surface area contributed by atoms with E-state index in [2.05, 4.69) is 23.7 Å². The molecule has 0 fully saturated rings. The molecule has 2 aromatic carbocycles. The number of carbonyl (C=O) groups excluding carboxylic acids is 1. The van der Waals surface area contributed by atoms with Crippen LogP contribution in [0.1, 0.15) is 22.8 Å². The van der Waals surface area contributed by atoms with Crippen LogP contribution in [0.15, 0.2) is 66.3 Å². The maximum Gasteiger partial charge on any atom is 0.192 e. The summed E-state index contributed by atoms with van der Waals surface area (Å²) >= 11 is 1.39. The van der Waals surface area contributed by atoms with E-state index in [1.807, 2.05) is 53.1 Å². The fraction of sp³-hybridized carbons (Fsp3) is 0.227. The first-order valence-electron chi connectivity index (χ1n) is 9.09. The maximum atomic E-state index is 12.5. The van der Waals surface area contributed by atoms with Crippen molar-refractivity contribution in [2.75, 3.05) is 12.9 Å². The molecule has 0 radical (unpaired) electrons. The van der Waals surface area contributed by atoms with Crippen molar-refractivity contribution in [1.82, 2.24) is 14.8 Å². The zero-order chi connectivity index (χ0) is 19.9. The normalized spacial score (nSPS) is 10.6. The van der Waals surface area contributed by atoms with Crippen LogP contribution in [-0.4, -0.2) is 33.4 Å². The van der Waals surface area contributed by atoms with E-state index in [1.54, 1.807) is 13.2 Å². The molecule has 0 aliphatic carbocycles. The molecule has 0 saturated carbocycles. The lowest BCUT2D eigenvalue weighted by molar-refractivity contribution is 0.102. The van der Waals surface area contributed by atoms with Gasteiger partial charge in [-0.2, -0.15) is 0 Å². The highest BCUT2D eigenvalue weighted by Crippen LogP contribution is 2.27. The molecule has 0 spiro atoms. The Bertz CT molecular complexity index is 964. The third-order valence-electron chi connectivity index (χ3n) is 4.37. The van der Waals surface area contributed by atoms with Gasteiger partial charge in [0.15, 0.2) is 16.8 Å². The van der Waals surface area contributed by atoms with Crippen LogP contribution in [0.3, 0.4) is 0 Å². The van der Waals surface area contributed by atoms with E-state index < -0.39 is 0 Å². The van der Waals surface area contributed by atoms with Crippen LogP contribution in [0.25, 0.3) is 11.4 Å². The number of carbonyl (C=O) groups is 1. The highest BCUT2D eigenvalue weighted by molar-refractivity contribution is 7.99. The van der Waals surface area contributed by atoms with Gasteiger partial charge in [-0.05, 0) is 24.1 Å². The van der Waals surface area contributed by atoms with Crippen LogP contribution in [0.5, 0.6) is 5.75 Å². The van der Waals surface area contributed by atoms with Crippen LogP contribution >= 0.6 is 11.8 Å². The number of Topliss-reactive ketones (excluding diaryl/α,β-unsaturated/α-hetero) is 1. The highest BCUT2D eigenvalue weighted by atomic mass is 32.2. The van der Waals surface area contributed by atoms with Crippen LogP contribution in [0, 0.1) is 0 Å². The van der Waals surface area contributed by atoms with Gasteiger partial charge in [-0.15, -0.1) is 16.8 Å². The smallest absolute Gasteiger partial charge is 0.192 e. The molecule has 3 rings (SSSR count). The van der Waals surface area contributed by atoms with E-state index >= 15 is 0 Å². The summed E-state index contributed by atoms with van der Waals surface area (Å²) in [4.78, 5) is 12.5. The first-order valence-corrected chi connectivity index (χ1v) is 10.1. The van der Waals surface area contributed by atoms with E-state index in [0.29, 0.717) is 23.0 Å². The van der Waals surface area contributed by atoms with Crippen molar-refractivity contribution in [3.8, 4) is 17.1 Å². The average Bonchev–Trinajstić information content (AvgIpc) is 3.15. The second-order valence-corrected chi connectivity index (χ2v) is 7.14. The van der Waals surface area contributed by atoms with E-state index in [0.717, 1.165) is 23.6 Å². The topological polar surface area (TPSA) is 57.0 Å². The fourth-order valence-electron chi connectivity index (χ4n) is 2.80. The summed E-state index contributed by atoms with van der Waals surface area (Å²) < 4.78 is 7.26. The highest BCUT2D eigenvalue weighted by Gasteiger charge is 2.16. The van der Waals surface area contributed by atoms with Crippen LogP contribution in [0.2, 0.25) is 0 Å². The first kappa shape index (κ1) is 19.9. The Kier molecular flexibility index (Phi) is 6.66. The number of benzene rings is 2. The Morgan fingerprint density at radius 2 is 2.00 bits per heavy atom. The predicted molar refractivity (Wildman–Crippen MR) is 113 cm³/mol. The van der Waals surface area contributed by atoms with Crippen LogP contribution < -0.4 is 4.74 Å². The van der Waals surface area contributed by atoms with Gasteiger partial charge in [0, 0.05) is 17.7 Å². The number of aryl methyl sites for hydroxylation is 1. The van der Waals surface area contributed by atoms with Crippen LogP contribution in [-0.2, 0) is 13.0 Å². The van der Waals surface area contributed by atoms with E-state index in [1.165, 1.54) is 17.3 Å². The van der Waals surface area contributed by atoms with Gasteiger partial charge in [0.2, 0.25) is 0 Å². The van der Waals surface area contributed by atoms with Crippen molar-refractivity contribution >= 4 is 17.5 Å². The molecule has 28 heavy (non-hydrogen) atoms. The molecular formula is C22H23N3O2S. The zero-order valence-electron chi connectivity index (χ0n) is 16.1. The quantitative estimate of drug-likeness (QED) is 0.300. The van der Waals surface area contributed by atoms with Crippen molar-refractivity contribution in [2.24, 2.45) is 0 Å². The SMILES string of the molecule is C=CCn1c(SCC(=O)c2ccc(CC)cc2)nnc1-c1cccc(OC)c1. The van der Waals surface area contributed by atoms with Gasteiger partial charge in [0.1, 0.15) is 5.75 Å². The number of hydrogen-bond donors (Lipinski definition) is 0. The number of ketones is 1. The Labute approximate surface area is 169 Å². The second-order valence-electron chi connectivity index (χ2n) is 6.20. The number of hydrogen-bond acceptors (Lipinski definition) is 5. The Hall–Kier alpha value is -2.86. The zero-order valence-corrected chi connectivity index (χ0v) is 16.9. The Morgan fingerprint density at radius 1 is 1.21 bits per heavy atom. The summed E-state index contributed by atoms with van der Waals surface area (Å²) in [5, 5.41) is 9.32. The fourth-order valence-corrected chi connectivity index (χ4v) is 3.65. The number of methoxy groups -OCH3 is 1. The summed E-state index contributed by atoms with van der Waals surface area (Å²) in [6.07, 6.45) is 2.75. The minimum Gasteiger partial charge on any atom is -0.497 e. The number of nitrogens with zero attached hydrogens (tertiary/aromatic N) is 3. The van der Waals surface area contributed by atoms with Crippen molar-refractivity contribution in [3.05, 3.63) is 72.3 Å². The molecule has 0 N–H and O–H groups in total. The molecule has 0 aliphatic heterocycles. The van der Waals surface area contributed by atoms with Gasteiger partial charge in [-0.1, -0.05) is 61.2 Å². The lowest BCUT2D eigenvalue weighted by atomic mass is 10.1. The summed E-state index contributed by atoms with van der Waals surface area (Å²) in [6.45, 7) is 6.48. The van der Waals surface area contributed by atoms with Gasteiger partial charge in [0.05, 0.1) is 12.9 Å². The van der Waals surface area contributed by atoms with Gasteiger partial charge in [-0.25, -0.2) is 0 Å². The molecular weight excluding hydrogens is 370 g/mol. The number of aromatic nitrogens is 3. The van der Waals surface area contributed by atoms with Gasteiger partial charge in [0.25, 0.3) is 0 Å². The van der Waals surface area contributed by atoms with Gasteiger partial charge >= 0.3 is 0 Å². The number of thioether (sulfide) groups is 1. The molecule has 0 bridgehead atoms. The lowest BCUT2D eigenvalue weighted by Gasteiger charge is -2.08. The van der Waals surface area contributed by atoms with Gasteiger partial charge in [-0.3, -0.25) is 9.36 Å². The van der Waals surface area contributed by atoms with E-state index in [9.17, 15) is 4.79 Å². The predicted octanol–water partition coefficient (Wildman–Crippen LogP) is 4.68. The molecule has 0 atom stereocenters. The summed E-state index contributed by atoms with van der Waals surface area (Å²) in [5.41, 5.74) is 2.84. The molecule has 0 saturated heterocycles. The summed E-state index contributed by atoms with van der Waals surface area (Å²) in [7, 11) is 1.63. The molecule has 0 unspecified atom stereocenters. The maximum absolute atomic E-state index is 12.5. The van der Waals surface area contributed by atoms with E-state index in [-0.39, 0.29) is 5.78 Å². The number of rotatable bonds is 9.